The number of hydrogen-bond donors (Lipinski definition) is 2. The van der Waals surface area contributed by atoms with E-state index in [1.807, 2.05) is 20.0 Å². The standard InChI is InChI=1S/C27H23N3O3/c1-27(2)32-19-12-29-17-9-5-3-7-14(17)21-16-11-28-26(31)23(16)22-15-8-4-6-10-18(15)30(13-20(19)33-27)25(22)24(21)29/h3-11,19-20,28,31H,12-13H2,1-2H3/t19-,20-/m1/s1. The van der Waals surface area contributed by atoms with E-state index in [0.717, 1.165) is 39.1 Å². The number of nitrogens with one attached hydrogen (secondary N) is 1. The minimum atomic E-state index is -0.624. The molecule has 6 nitrogen and oxygen atoms in total. The van der Waals surface area contributed by atoms with Crippen molar-refractivity contribution in [3.63, 3.8) is 0 Å². The first kappa shape index (κ1) is 18.0. The summed E-state index contributed by atoms with van der Waals surface area (Å²) in [6.45, 7) is 5.42. The Morgan fingerprint density at radius 3 is 1.97 bits per heavy atom. The molecular formula is C27H23N3O3. The fraction of sp³-hybridized carbons (Fsp3) is 0.259. The molecule has 0 bridgehead atoms. The van der Waals surface area contributed by atoms with Crippen LogP contribution in [0.2, 0.25) is 0 Å². The van der Waals surface area contributed by atoms with Gasteiger partial charge in [-0.05, 0) is 26.0 Å². The van der Waals surface area contributed by atoms with Crippen molar-refractivity contribution in [3.05, 3.63) is 54.7 Å². The molecule has 6 aromatic rings. The maximum atomic E-state index is 11.0. The number of nitrogens with zero attached hydrogens (tertiary/aromatic N) is 2. The zero-order chi connectivity index (χ0) is 22.1. The summed E-state index contributed by atoms with van der Waals surface area (Å²) < 4.78 is 17.6. The monoisotopic (exact) mass is 437 g/mol. The quantitative estimate of drug-likeness (QED) is 0.324. The Labute approximate surface area is 188 Å². The maximum Gasteiger partial charge on any atom is 0.197 e. The summed E-state index contributed by atoms with van der Waals surface area (Å²) in [7, 11) is 0. The Morgan fingerprint density at radius 1 is 0.788 bits per heavy atom. The van der Waals surface area contributed by atoms with E-state index >= 15 is 0 Å². The van der Waals surface area contributed by atoms with E-state index in [-0.39, 0.29) is 18.1 Å². The van der Waals surface area contributed by atoms with Gasteiger partial charge in [-0.25, -0.2) is 0 Å². The SMILES string of the molecule is CC1(C)O[C@@H]2Cn3c4ccccc4c4c5c[nH]c(O)c5c5c6ccccc6n(c5c43)C[C@H]2O1. The Bertz CT molecular complexity index is 1780. The van der Waals surface area contributed by atoms with Crippen molar-refractivity contribution in [1.29, 1.82) is 0 Å². The summed E-state index contributed by atoms with van der Waals surface area (Å²) in [6, 6.07) is 17.0. The van der Waals surface area contributed by atoms with Gasteiger partial charge in [0.1, 0.15) is 12.2 Å². The van der Waals surface area contributed by atoms with E-state index in [1.54, 1.807) is 0 Å². The molecule has 0 saturated carbocycles. The van der Waals surface area contributed by atoms with Crippen molar-refractivity contribution in [2.24, 2.45) is 0 Å². The van der Waals surface area contributed by atoms with Gasteiger partial charge in [0.05, 0.1) is 29.5 Å². The van der Waals surface area contributed by atoms with Crippen LogP contribution in [0.5, 0.6) is 5.88 Å². The van der Waals surface area contributed by atoms with Crippen molar-refractivity contribution in [2.45, 2.75) is 44.9 Å². The number of benzene rings is 3. The van der Waals surface area contributed by atoms with E-state index in [9.17, 15) is 5.11 Å². The van der Waals surface area contributed by atoms with Crippen LogP contribution in [-0.4, -0.2) is 37.2 Å². The predicted molar refractivity (Wildman–Crippen MR) is 130 cm³/mol. The van der Waals surface area contributed by atoms with Crippen molar-refractivity contribution < 1.29 is 14.6 Å². The molecule has 33 heavy (non-hydrogen) atoms. The zero-order valence-electron chi connectivity index (χ0n) is 18.4. The number of para-hydroxylation sites is 2. The number of aromatic amines is 1. The van der Waals surface area contributed by atoms with E-state index in [1.165, 1.54) is 21.8 Å². The molecule has 3 aromatic heterocycles. The third-order valence-electron chi connectivity index (χ3n) is 7.55. The largest absolute Gasteiger partial charge is 0.494 e. The molecule has 2 N–H and O–H groups in total. The minimum absolute atomic E-state index is 0.0568. The number of H-pyrrole nitrogens is 1. The highest BCUT2D eigenvalue weighted by molar-refractivity contribution is 6.36. The molecule has 0 aliphatic carbocycles. The average Bonchev–Trinajstić information content (AvgIpc) is 3.49. The molecule has 0 unspecified atom stereocenters. The van der Waals surface area contributed by atoms with Gasteiger partial charge in [-0.2, -0.15) is 0 Å². The van der Waals surface area contributed by atoms with E-state index in [2.05, 4.69) is 62.6 Å². The Kier molecular flexibility index (Phi) is 3.11. The van der Waals surface area contributed by atoms with Crippen LogP contribution in [-0.2, 0) is 22.6 Å². The van der Waals surface area contributed by atoms with Crippen molar-refractivity contribution in [1.82, 2.24) is 14.1 Å². The number of hydrogen-bond acceptors (Lipinski definition) is 3. The Morgan fingerprint density at radius 2 is 1.33 bits per heavy atom. The summed E-state index contributed by atoms with van der Waals surface area (Å²) in [5, 5.41) is 17.5. The number of rotatable bonds is 0. The summed E-state index contributed by atoms with van der Waals surface area (Å²) in [4.78, 5) is 3.10. The first-order valence-corrected chi connectivity index (χ1v) is 11.5. The second-order valence-corrected chi connectivity index (χ2v) is 9.84. The van der Waals surface area contributed by atoms with Gasteiger partial charge in [0.25, 0.3) is 0 Å². The van der Waals surface area contributed by atoms with Gasteiger partial charge in [0.15, 0.2) is 11.7 Å². The molecule has 3 aromatic carbocycles. The van der Waals surface area contributed by atoms with Gasteiger partial charge in [-0.1, -0.05) is 36.4 Å². The average molecular weight is 437 g/mol. The lowest BCUT2D eigenvalue weighted by Gasteiger charge is -2.24. The second kappa shape index (κ2) is 5.71. The molecular weight excluding hydrogens is 414 g/mol. The summed E-state index contributed by atoms with van der Waals surface area (Å²) in [6.07, 6.45) is 1.82. The molecule has 6 heteroatoms. The molecule has 0 spiro atoms. The highest BCUT2D eigenvalue weighted by atomic mass is 16.8. The van der Waals surface area contributed by atoms with Gasteiger partial charge in [-0.3, -0.25) is 0 Å². The lowest BCUT2D eigenvalue weighted by atomic mass is 10.0. The molecule has 2 aliphatic rings. The van der Waals surface area contributed by atoms with Crippen LogP contribution in [0.3, 0.4) is 0 Å². The van der Waals surface area contributed by atoms with Crippen LogP contribution >= 0.6 is 0 Å². The zero-order valence-corrected chi connectivity index (χ0v) is 18.4. The molecule has 5 heterocycles. The van der Waals surface area contributed by atoms with Gasteiger partial charge in [0.2, 0.25) is 0 Å². The van der Waals surface area contributed by atoms with Crippen LogP contribution < -0.4 is 0 Å². The topological polar surface area (TPSA) is 64.3 Å². The molecule has 164 valence electrons. The molecule has 1 saturated heterocycles. The van der Waals surface area contributed by atoms with Gasteiger partial charge in [-0.15, -0.1) is 0 Å². The first-order chi connectivity index (χ1) is 16.0. The number of fused-ring (bicyclic) bond motifs is 10. The van der Waals surface area contributed by atoms with Gasteiger partial charge in [0, 0.05) is 44.2 Å². The van der Waals surface area contributed by atoms with E-state index < -0.39 is 5.79 Å². The molecule has 0 amide bonds. The number of aromatic nitrogens is 3. The first-order valence-electron chi connectivity index (χ1n) is 11.5. The number of ether oxygens (including phenoxy) is 2. The van der Waals surface area contributed by atoms with Crippen LogP contribution in [0.1, 0.15) is 13.8 Å². The fourth-order valence-corrected chi connectivity index (χ4v) is 6.45. The summed E-state index contributed by atoms with van der Waals surface area (Å²) >= 11 is 0. The fourth-order valence-electron chi connectivity index (χ4n) is 6.45. The minimum Gasteiger partial charge on any atom is -0.494 e. The summed E-state index contributed by atoms with van der Waals surface area (Å²) in [5.41, 5.74) is 4.66. The van der Waals surface area contributed by atoms with E-state index in [0.29, 0.717) is 6.54 Å². The van der Waals surface area contributed by atoms with Gasteiger partial charge < -0.3 is 28.7 Å². The second-order valence-electron chi connectivity index (χ2n) is 9.84. The van der Waals surface area contributed by atoms with Crippen LogP contribution in [0.15, 0.2) is 54.7 Å². The molecule has 0 radical (unpaired) electrons. The molecule has 2 atom stereocenters. The highest BCUT2D eigenvalue weighted by Gasteiger charge is 2.43. The van der Waals surface area contributed by atoms with Crippen LogP contribution in [0.4, 0.5) is 0 Å². The molecule has 1 fully saturated rings. The molecule has 2 aliphatic heterocycles. The Balaban J connectivity index is 1.69. The Hall–Kier alpha value is -3.48. The van der Waals surface area contributed by atoms with Crippen molar-refractivity contribution in [3.8, 4) is 5.88 Å². The van der Waals surface area contributed by atoms with Crippen molar-refractivity contribution in [2.75, 3.05) is 0 Å². The maximum absolute atomic E-state index is 11.0. The lowest BCUT2D eigenvalue weighted by molar-refractivity contribution is -0.147. The smallest absolute Gasteiger partial charge is 0.197 e. The number of aromatic hydroxyl groups is 1. The molecule has 8 rings (SSSR count). The van der Waals surface area contributed by atoms with Crippen LogP contribution in [0.25, 0.3) is 54.4 Å². The van der Waals surface area contributed by atoms with E-state index in [4.69, 9.17) is 9.47 Å². The normalized spacial score (nSPS) is 22.1. The van der Waals surface area contributed by atoms with Gasteiger partial charge >= 0.3 is 0 Å². The van der Waals surface area contributed by atoms with Crippen molar-refractivity contribution >= 4 is 54.4 Å². The summed E-state index contributed by atoms with van der Waals surface area (Å²) in [5.74, 6) is -0.408. The third kappa shape index (κ3) is 2.11. The highest BCUT2D eigenvalue weighted by Crippen LogP contribution is 2.48. The lowest BCUT2D eigenvalue weighted by Crippen LogP contribution is -2.32. The predicted octanol–water partition coefficient (Wildman–Crippen LogP) is 5.62. The third-order valence-corrected chi connectivity index (χ3v) is 7.55. The van der Waals surface area contributed by atoms with Crippen LogP contribution in [0, 0.1) is 0 Å².